The lowest BCUT2D eigenvalue weighted by Crippen LogP contribution is -2.24. The Bertz CT molecular complexity index is 616. The zero-order valence-corrected chi connectivity index (χ0v) is 13.3. The second kappa shape index (κ2) is 6.60. The lowest BCUT2D eigenvalue weighted by Gasteiger charge is -2.18. The number of hydrogen-bond donors (Lipinski definition) is 2. The van der Waals surface area contributed by atoms with Gasteiger partial charge < -0.3 is 15.2 Å². The van der Waals surface area contributed by atoms with Crippen LogP contribution >= 0.6 is 15.9 Å². The van der Waals surface area contributed by atoms with Crippen LogP contribution in [-0.4, -0.2) is 18.3 Å². The van der Waals surface area contributed by atoms with Gasteiger partial charge in [-0.15, -0.1) is 0 Å². The number of rotatable bonds is 5. The van der Waals surface area contributed by atoms with Crippen LogP contribution in [0, 0.1) is 0 Å². The predicted molar refractivity (Wildman–Crippen MR) is 86.4 cm³/mol. The van der Waals surface area contributed by atoms with Gasteiger partial charge in [0, 0.05) is 23.0 Å². The van der Waals surface area contributed by atoms with Crippen LogP contribution in [0.1, 0.15) is 22.7 Å². The van der Waals surface area contributed by atoms with Crippen LogP contribution in [0.5, 0.6) is 5.75 Å². The highest BCUT2D eigenvalue weighted by molar-refractivity contribution is 9.10. The minimum atomic E-state index is -0.0674. The van der Waals surface area contributed by atoms with Gasteiger partial charge in [0.25, 0.3) is 0 Å². The number of benzene rings is 2. The molecule has 1 atom stereocenters. The molecule has 0 spiro atoms. The summed E-state index contributed by atoms with van der Waals surface area (Å²) < 4.78 is 6.81. The fourth-order valence-electron chi connectivity index (χ4n) is 2.68. The Hall–Kier alpha value is -1.36. The molecule has 0 radical (unpaired) electrons. The third-order valence-electron chi connectivity index (χ3n) is 3.75. The smallest absolute Gasteiger partial charge is 0.127 e. The molecular formula is C17H18BrNO2. The average Bonchev–Trinajstić information content (AvgIpc) is 2.97. The van der Waals surface area contributed by atoms with Crippen molar-refractivity contribution in [3.8, 4) is 5.75 Å². The van der Waals surface area contributed by atoms with Crippen LogP contribution in [-0.2, 0) is 13.0 Å². The van der Waals surface area contributed by atoms with Gasteiger partial charge in [0.15, 0.2) is 0 Å². The minimum Gasteiger partial charge on any atom is -0.493 e. The fraction of sp³-hybridized carbons (Fsp3) is 0.294. The van der Waals surface area contributed by atoms with E-state index in [0.29, 0.717) is 6.54 Å². The van der Waals surface area contributed by atoms with Gasteiger partial charge in [0.05, 0.1) is 19.3 Å². The average molecular weight is 348 g/mol. The first kappa shape index (κ1) is 14.6. The van der Waals surface area contributed by atoms with Crippen molar-refractivity contribution in [2.24, 2.45) is 0 Å². The van der Waals surface area contributed by atoms with Gasteiger partial charge in [-0.05, 0) is 23.3 Å². The van der Waals surface area contributed by atoms with E-state index in [4.69, 9.17) is 4.74 Å². The first-order valence-corrected chi connectivity index (χ1v) is 7.90. The zero-order valence-electron chi connectivity index (χ0n) is 11.7. The van der Waals surface area contributed by atoms with Crippen LogP contribution in [0.3, 0.4) is 0 Å². The molecule has 0 bridgehead atoms. The highest BCUT2D eigenvalue weighted by Gasteiger charge is 2.18. The molecule has 0 amide bonds. The summed E-state index contributed by atoms with van der Waals surface area (Å²) in [6, 6.07) is 14.1. The molecule has 21 heavy (non-hydrogen) atoms. The van der Waals surface area contributed by atoms with Crippen molar-refractivity contribution in [1.82, 2.24) is 5.32 Å². The summed E-state index contributed by atoms with van der Waals surface area (Å²) in [5.41, 5.74) is 3.47. The maximum atomic E-state index is 9.60. The maximum Gasteiger partial charge on any atom is 0.127 e. The summed E-state index contributed by atoms with van der Waals surface area (Å²) in [7, 11) is 0. The van der Waals surface area contributed by atoms with Gasteiger partial charge >= 0.3 is 0 Å². The number of fused-ring (bicyclic) bond motifs is 1. The number of halogens is 1. The first-order valence-electron chi connectivity index (χ1n) is 7.11. The monoisotopic (exact) mass is 347 g/mol. The van der Waals surface area contributed by atoms with Crippen molar-refractivity contribution in [2.75, 3.05) is 13.2 Å². The SMILES string of the molecule is OCC(NCc1cc(Br)cc2c1OCC2)c1ccccc1. The summed E-state index contributed by atoms with van der Waals surface area (Å²) in [6.45, 7) is 1.49. The molecular weight excluding hydrogens is 330 g/mol. The number of aliphatic hydroxyl groups is 1. The second-order valence-electron chi connectivity index (χ2n) is 5.18. The second-order valence-corrected chi connectivity index (χ2v) is 6.09. The summed E-state index contributed by atoms with van der Waals surface area (Å²) in [4.78, 5) is 0. The highest BCUT2D eigenvalue weighted by atomic mass is 79.9. The maximum absolute atomic E-state index is 9.60. The van der Waals surface area contributed by atoms with Crippen molar-refractivity contribution in [1.29, 1.82) is 0 Å². The van der Waals surface area contributed by atoms with Gasteiger partial charge in [0.1, 0.15) is 5.75 Å². The quantitative estimate of drug-likeness (QED) is 0.872. The Labute approximate surface area is 133 Å². The van der Waals surface area contributed by atoms with Crippen molar-refractivity contribution < 1.29 is 9.84 Å². The fourth-order valence-corrected chi connectivity index (χ4v) is 3.24. The molecule has 2 aromatic carbocycles. The third kappa shape index (κ3) is 3.28. The number of nitrogens with one attached hydrogen (secondary N) is 1. The Balaban J connectivity index is 1.75. The lowest BCUT2D eigenvalue weighted by molar-refractivity contribution is 0.243. The van der Waals surface area contributed by atoms with Crippen LogP contribution in [0.25, 0.3) is 0 Å². The standard InChI is InChI=1S/C17H18BrNO2/c18-15-8-13-6-7-21-17(13)14(9-15)10-19-16(11-20)12-4-2-1-3-5-12/h1-5,8-9,16,19-20H,6-7,10-11H2. The Morgan fingerprint density at radius 1 is 1.24 bits per heavy atom. The molecule has 1 unspecified atom stereocenters. The predicted octanol–water partition coefficient (Wildman–Crippen LogP) is 3.21. The van der Waals surface area contributed by atoms with Crippen molar-refractivity contribution in [2.45, 2.75) is 19.0 Å². The molecule has 1 aliphatic rings. The van der Waals surface area contributed by atoms with Gasteiger partial charge in [-0.3, -0.25) is 0 Å². The van der Waals surface area contributed by atoms with Crippen LogP contribution < -0.4 is 10.1 Å². The van der Waals surface area contributed by atoms with Crippen LogP contribution in [0.4, 0.5) is 0 Å². The number of ether oxygens (including phenoxy) is 1. The van der Waals surface area contributed by atoms with Crippen molar-refractivity contribution in [3.63, 3.8) is 0 Å². The molecule has 3 rings (SSSR count). The lowest BCUT2D eigenvalue weighted by atomic mass is 10.1. The van der Waals surface area contributed by atoms with Gasteiger partial charge in [-0.1, -0.05) is 46.3 Å². The molecule has 2 aromatic rings. The highest BCUT2D eigenvalue weighted by Crippen LogP contribution is 2.33. The molecule has 110 valence electrons. The summed E-state index contributed by atoms with van der Waals surface area (Å²) in [6.07, 6.45) is 0.962. The van der Waals surface area contributed by atoms with E-state index in [1.807, 2.05) is 30.3 Å². The molecule has 1 heterocycles. The molecule has 0 saturated carbocycles. The van der Waals surface area contributed by atoms with Crippen LogP contribution in [0.15, 0.2) is 46.9 Å². The summed E-state index contributed by atoms with van der Waals surface area (Å²) >= 11 is 3.55. The summed E-state index contributed by atoms with van der Waals surface area (Å²) in [5, 5.41) is 13.0. The largest absolute Gasteiger partial charge is 0.493 e. The third-order valence-corrected chi connectivity index (χ3v) is 4.21. The van der Waals surface area contributed by atoms with E-state index >= 15 is 0 Å². The van der Waals surface area contributed by atoms with Crippen molar-refractivity contribution >= 4 is 15.9 Å². The molecule has 3 nitrogen and oxygen atoms in total. The molecule has 1 aliphatic heterocycles. The molecule has 0 aromatic heterocycles. The molecule has 0 fully saturated rings. The van der Waals surface area contributed by atoms with E-state index in [1.165, 1.54) is 5.56 Å². The Morgan fingerprint density at radius 3 is 2.81 bits per heavy atom. The van der Waals surface area contributed by atoms with E-state index in [2.05, 4.69) is 33.4 Å². The minimum absolute atomic E-state index is 0.0674. The molecule has 4 heteroatoms. The zero-order chi connectivity index (χ0) is 14.7. The molecule has 2 N–H and O–H groups in total. The Kier molecular flexibility index (Phi) is 4.58. The van der Waals surface area contributed by atoms with Crippen molar-refractivity contribution in [3.05, 3.63) is 63.6 Å². The topological polar surface area (TPSA) is 41.5 Å². The van der Waals surface area contributed by atoms with Crippen LogP contribution in [0.2, 0.25) is 0 Å². The Morgan fingerprint density at radius 2 is 2.05 bits per heavy atom. The molecule has 0 aliphatic carbocycles. The van der Waals surface area contributed by atoms with E-state index in [1.54, 1.807) is 0 Å². The van der Waals surface area contributed by atoms with Gasteiger partial charge in [-0.2, -0.15) is 0 Å². The normalized spacial score (nSPS) is 14.6. The summed E-state index contributed by atoms with van der Waals surface area (Å²) in [5.74, 6) is 0.996. The number of aliphatic hydroxyl groups excluding tert-OH is 1. The van der Waals surface area contributed by atoms with Gasteiger partial charge in [-0.25, -0.2) is 0 Å². The first-order chi connectivity index (χ1) is 10.3. The van der Waals surface area contributed by atoms with E-state index < -0.39 is 0 Å². The van der Waals surface area contributed by atoms with E-state index in [9.17, 15) is 5.11 Å². The molecule has 0 saturated heterocycles. The van der Waals surface area contributed by atoms with Gasteiger partial charge in [0.2, 0.25) is 0 Å². The number of hydrogen-bond acceptors (Lipinski definition) is 3. The van der Waals surface area contributed by atoms with E-state index in [-0.39, 0.29) is 12.6 Å². The van der Waals surface area contributed by atoms with E-state index in [0.717, 1.165) is 34.4 Å².